The number of likely N-dealkylation sites (tertiary alicyclic amines) is 1. The van der Waals surface area contributed by atoms with Crippen LogP contribution < -0.4 is 0 Å². The summed E-state index contributed by atoms with van der Waals surface area (Å²) >= 11 is 0. The van der Waals surface area contributed by atoms with Crippen molar-refractivity contribution in [1.29, 1.82) is 0 Å². The van der Waals surface area contributed by atoms with Crippen molar-refractivity contribution in [3.8, 4) is 0 Å². The molecule has 0 amide bonds. The highest BCUT2D eigenvalue weighted by Gasteiger charge is 2.24. The van der Waals surface area contributed by atoms with Crippen LogP contribution in [0.25, 0.3) is 0 Å². The van der Waals surface area contributed by atoms with Crippen LogP contribution in [0.15, 0.2) is 54.6 Å². The van der Waals surface area contributed by atoms with E-state index in [0.29, 0.717) is 12.5 Å². The molecule has 180 valence electrons. The van der Waals surface area contributed by atoms with E-state index in [-0.39, 0.29) is 12.1 Å². The monoisotopic (exact) mass is 451 g/mol. The third kappa shape index (κ3) is 8.60. The molecule has 1 saturated heterocycles. The van der Waals surface area contributed by atoms with Crippen molar-refractivity contribution in [3.05, 3.63) is 71.3 Å². The van der Waals surface area contributed by atoms with Gasteiger partial charge < -0.3 is 14.4 Å². The number of esters is 1. The van der Waals surface area contributed by atoms with Crippen LogP contribution in [0.3, 0.4) is 0 Å². The topological polar surface area (TPSA) is 38.8 Å². The molecule has 4 heteroatoms. The molecule has 1 heterocycles. The Labute approximate surface area is 200 Å². The van der Waals surface area contributed by atoms with Gasteiger partial charge >= 0.3 is 5.97 Å². The number of aryl methyl sites for hydroxylation is 1. The summed E-state index contributed by atoms with van der Waals surface area (Å²) in [6.45, 7) is 5.57. The Morgan fingerprint density at radius 3 is 2.27 bits per heavy atom. The summed E-state index contributed by atoms with van der Waals surface area (Å²) in [6, 6.07) is 19.6. The van der Waals surface area contributed by atoms with Gasteiger partial charge in [-0.05, 0) is 55.3 Å². The molecule has 1 fully saturated rings. The molecule has 2 aromatic rings. The van der Waals surface area contributed by atoms with E-state index >= 15 is 0 Å². The predicted molar refractivity (Wildman–Crippen MR) is 134 cm³/mol. The van der Waals surface area contributed by atoms with Crippen molar-refractivity contribution in [2.75, 3.05) is 26.7 Å². The fraction of sp³-hybridized carbons (Fsp3) is 0.552. The summed E-state index contributed by atoms with van der Waals surface area (Å²) in [4.78, 5) is 13.7. The number of carbonyl (C=O) groups is 1. The Balaban J connectivity index is 1.46. The first kappa shape index (κ1) is 25.5. The van der Waals surface area contributed by atoms with E-state index in [4.69, 9.17) is 9.47 Å². The summed E-state index contributed by atoms with van der Waals surface area (Å²) in [5.41, 5.74) is 3.87. The Morgan fingerprint density at radius 2 is 1.61 bits per heavy atom. The van der Waals surface area contributed by atoms with Crippen LogP contribution in [0.1, 0.15) is 81.1 Å². The molecule has 4 nitrogen and oxygen atoms in total. The maximum Gasteiger partial charge on any atom is 0.305 e. The minimum Gasteiger partial charge on any atom is -0.469 e. The van der Waals surface area contributed by atoms with E-state index in [1.807, 2.05) is 0 Å². The second kappa shape index (κ2) is 14.2. The number of unbranched alkanes of at least 4 members (excludes halogenated alkanes) is 3. The van der Waals surface area contributed by atoms with Gasteiger partial charge in [0.1, 0.15) is 6.10 Å². The Hall–Kier alpha value is -2.17. The molecule has 0 aliphatic carbocycles. The third-order valence-corrected chi connectivity index (χ3v) is 6.62. The van der Waals surface area contributed by atoms with Crippen molar-refractivity contribution in [3.63, 3.8) is 0 Å². The van der Waals surface area contributed by atoms with Crippen LogP contribution in [0.2, 0.25) is 0 Å². The van der Waals surface area contributed by atoms with E-state index in [1.54, 1.807) is 0 Å². The fourth-order valence-electron chi connectivity index (χ4n) is 4.65. The van der Waals surface area contributed by atoms with Crippen LogP contribution in [-0.4, -0.2) is 43.7 Å². The number of nitrogens with zero attached hydrogens (tertiary/aromatic N) is 1. The standard InChI is InChI=1S/C29H41NO3/c1-3-11-24-15-17-26(18-16-24)29(25-12-7-6-8-13-25)33-27-19-22-30(23-20-27)21-10-5-4-9-14-28(31)32-2/h6-8,12-13,15-18,27,29H,3-5,9-11,14,19-23H2,1-2H3. The highest BCUT2D eigenvalue weighted by Crippen LogP contribution is 2.30. The molecule has 0 aromatic heterocycles. The van der Waals surface area contributed by atoms with Crippen LogP contribution >= 0.6 is 0 Å². The van der Waals surface area contributed by atoms with E-state index in [2.05, 4.69) is 66.4 Å². The average molecular weight is 452 g/mol. The maximum atomic E-state index is 11.2. The normalized spacial score (nSPS) is 15.9. The lowest BCUT2D eigenvalue weighted by Crippen LogP contribution is -2.38. The number of piperidine rings is 1. The van der Waals surface area contributed by atoms with Gasteiger partial charge in [-0.15, -0.1) is 0 Å². The van der Waals surface area contributed by atoms with Gasteiger partial charge in [0.15, 0.2) is 0 Å². The van der Waals surface area contributed by atoms with Crippen molar-refractivity contribution < 1.29 is 14.3 Å². The number of hydrogen-bond acceptors (Lipinski definition) is 4. The Bertz CT molecular complexity index is 797. The fourth-order valence-corrected chi connectivity index (χ4v) is 4.65. The first-order valence-electron chi connectivity index (χ1n) is 12.8. The molecule has 1 atom stereocenters. The Kier molecular flexibility index (Phi) is 10.9. The lowest BCUT2D eigenvalue weighted by atomic mass is 9.98. The summed E-state index contributed by atoms with van der Waals surface area (Å²) in [5, 5.41) is 0. The largest absolute Gasteiger partial charge is 0.469 e. The summed E-state index contributed by atoms with van der Waals surface area (Å²) in [7, 11) is 1.46. The predicted octanol–water partition coefficient (Wildman–Crippen LogP) is 6.33. The third-order valence-electron chi connectivity index (χ3n) is 6.62. The zero-order valence-corrected chi connectivity index (χ0v) is 20.5. The highest BCUT2D eigenvalue weighted by atomic mass is 16.5. The molecule has 0 saturated carbocycles. The molecule has 2 aromatic carbocycles. The summed E-state index contributed by atoms with van der Waals surface area (Å²) < 4.78 is 11.4. The van der Waals surface area contributed by atoms with Crippen LogP contribution in [-0.2, 0) is 20.7 Å². The van der Waals surface area contributed by atoms with Crippen LogP contribution in [0.5, 0.6) is 0 Å². The summed E-state index contributed by atoms with van der Waals surface area (Å²) in [5.74, 6) is -0.0946. The Morgan fingerprint density at radius 1 is 0.939 bits per heavy atom. The maximum absolute atomic E-state index is 11.2. The molecular weight excluding hydrogens is 410 g/mol. The van der Waals surface area contributed by atoms with E-state index < -0.39 is 0 Å². The molecule has 33 heavy (non-hydrogen) atoms. The van der Waals surface area contributed by atoms with Crippen molar-refractivity contribution in [1.82, 2.24) is 4.90 Å². The first-order valence-corrected chi connectivity index (χ1v) is 12.8. The molecule has 1 aliphatic rings. The van der Waals surface area contributed by atoms with Gasteiger partial charge in [-0.1, -0.05) is 80.8 Å². The second-order valence-corrected chi connectivity index (χ2v) is 9.20. The quantitative estimate of drug-likeness (QED) is 0.263. The van der Waals surface area contributed by atoms with Crippen LogP contribution in [0.4, 0.5) is 0 Å². The lowest BCUT2D eigenvalue weighted by Gasteiger charge is -2.34. The zero-order chi connectivity index (χ0) is 23.3. The first-order chi connectivity index (χ1) is 16.2. The SMILES string of the molecule is CCCc1ccc(C(OC2CCN(CCCCCCC(=O)OC)CC2)c2ccccc2)cc1. The van der Waals surface area contributed by atoms with Crippen molar-refractivity contribution in [2.24, 2.45) is 0 Å². The molecule has 1 unspecified atom stereocenters. The molecule has 3 rings (SSSR count). The smallest absolute Gasteiger partial charge is 0.305 e. The summed E-state index contributed by atoms with van der Waals surface area (Å²) in [6.07, 6.45) is 9.71. The zero-order valence-electron chi connectivity index (χ0n) is 20.5. The average Bonchev–Trinajstić information content (AvgIpc) is 2.86. The minimum atomic E-state index is -0.0946. The molecule has 1 aliphatic heterocycles. The number of methoxy groups -OCH3 is 1. The number of carbonyl (C=O) groups excluding carboxylic acids is 1. The van der Waals surface area contributed by atoms with Crippen molar-refractivity contribution in [2.45, 2.75) is 76.9 Å². The van der Waals surface area contributed by atoms with Gasteiger partial charge in [0.25, 0.3) is 0 Å². The van der Waals surface area contributed by atoms with Gasteiger partial charge in [0.05, 0.1) is 13.2 Å². The molecular formula is C29H41NO3. The second-order valence-electron chi connectivity index (χ2n) is 9.20. The van der Waals surface area contributed by atoms with Gasteiger partial charge in [0.2, 0.25) is 0 Å². The molecule has 0 spiro atoms. The van der Waals surface area contributed by atoms with Gasteiger partial charge in [0, 0.05) is 19.5 Å². The van der Waals surface area contributed by atoms with Crippen LogP contribution in [0, 0.1) is 0 Å². The van der Waals surface area contributed by atoms with E-state index in [0.717, 1.165) is 51.7 Å². The number of ether oxygens (including phenoxy) is 2. The van der Waals surface area contributed by atoms with Gasteiger partial charge in [-0.25, -0.2) is 0 Å². The molecule has 0 bridgehead atoms. The minimum absolute atomic E-state index is 0.00626. The molecule has 0 radical (unpaired) electrons. The van der Waals surface area contributed by atoms with Crippen molar-refractivity contribution >= 4 is 5.97 Å². The number of hydrogen-bond donors (Lipinski definition) is 0. The number of rotatable bonds is 13. The highest BCUT2D eigenvalue weighted by molar-refractivity contribution is 5.68. The number of benzene rings is 2. The van der Waals surface area contributed by atoms with E-state index in [1.165, 1.54) is 43.1 Å². The molecule has 0 N–H and O–H groups in total. The van der Waals surface area contributed by atoms with E-state index in [9.17, 15) is 4.79 Å². The lowest BCUT2D eigenvalue weighted by molar-refractivity contribution is -0.140. The van der Waals surface area contributed by atoms with Gasteiger partial charge in [-0.2, -0.15) is 0 Å². The van der Waals surface area contributed by atoms with Gasteiger partial charge in [-0.3, -0.25) is 4.79 Å².